The summed E-state index contributed by atoms with van der Waals surface area (Å²) in [5.41, 5.74) is 1.46. The fourth-order valence-electron chi connectivity index (χ4n) is 3.46. The zero-order valence-electron chi connectivity index (χ0n) is 14.5. The summed E-state index contributed by atoms with van der Waals surface area (Å²) in [4.78, 5) is 25.6. The Balaban J connectivity index is 2.13. The van der Waals surface area contributed by atoms with Gasteiger partial charge in [-0.25, -0.2) is 0 Å². The summed E-state index contributed by atoms with van der Waals surface area (Å²) in [5.74, 6) is -1.25. The monoisotopic (exact) mass is 321 g/mol. The molecule has 2 atom stereocenters. The molecule has 0 spiro atoms. The van der Waals surface area contributed by atoms with Crippen LogP contribution in [-0.4, -0.2) is 44.8 Å². The predicted molar refractivity (Wildman–Crippen MR) is 87.4 cm³/mol. The number of carboxylic acid groups (broad SMARTS) is 1. The number of carbonyl (C=O) groups is 2. The van der Waals surface area contributed by atoms with E-state index >= 15 is 0 Å². The molecule has 0 aliphatic carbocycles. The molecule has 2 unspecified atom stereocenters. The van der Waals surface area contributed by atoms with E-state index in [4.69, 9.17) is 0 Å². The van der Waals surface area contributed by atoms with E-state index in [2.05, 4.69) is 18.9 Å². The van der Waals surface area contributed by atoms with Gasteiger partial charge in [0.25, 0.3) is 5.91 Å². The average Bonchev–Trinajstić information content (AvgIpc) is 2.89. The van der Waals surface area contributed by atoms with Crippen LogP contribution in [-0.2, 0) is 4.79 Å². The van der Waals surface area contributed by atoms with Gasteiger partial charge in [0.15, 0.2) is 5.69 Å². The molecule has 2 rings (SSSR count). The Kier molecular flexibility index (Phi) is 5.44. The second-order valence-corrected chi connectivity index (χ2v) is 6.55. The standard InChI is InChI=1S/C17H27N3O3/c1-5-13(6-2)20-12(4)9-15(18-20)16(21)19-8-7-14(17(22)23)11(3)10-19/h9,11,13-14H,5-8,10H2,1-4H3,(H,22,23). The van der Waals surface area contributed by atoms with E-state index in [-0.39, 0.29) is 17.7 Å². The minimum Gasteiger partial charge on any atom is -0.481 e. The number of carboxylic acids is 1. The van der Waals surface area contributed by atoms with E-state index < -0.39 is 5.97 Å². The molecule has 1 fully saturated rings. The van der Waals surface area contributed by atoms with Crippen molar-refractivity contribution in [1.82, 2.24) is 14.7 Å². The van der Waals surface area contributed by atoms with Crippen molar-refractivity contribution in [1.29, 1.82) is 0 Å². The smallest absolute Gasteiger partial charge is 0.306 e. The zero-order valence-corrected chi connectivity index (χ0v) is 14.5. The summed E-state index contributed by atoms with van der Waals surface area (Å²) < 4.78 is 1.95. The number of hydrogen-bond acceptors (Lipinski definition) is 3. The van der Waals surface area contributed by atoms with E-state index in [9.17, 15) is 14.7 Å². The molecular weight excluding hydrogens is 294 g/mol. The number of hydrogen-bond donors (Lipinski definition) is 1. The number of carbonyl (C=O) groups excluding carboxylic acids is 1. The van der Waals surface area contributed by atoms with Crippen LogP contribution in [0.4, 0.5) is 0 Å². The molecule has 128 valence electrons. The molecule has 1 amide bonds. The summed E-state index contributed by atoms with van der Waals surface area (Å²) >= 11 is 0. The maximum Gasteiger partial charge on any atom is 0.306 e. The van der Waals surface area contributed by atoms with Crippen LogP contribution < -0.4 is 0 Å². The third kappa shape index (κ3) is 3.57. The topological polar surface area (TPSA) is 75.4 Å². The minimum atomic E-state index is -0.765. The van der Waals surface area contributed by atoms with Gasteiger partial charge in [-0.2, -0.15) is 5.10 Å². The first kappa shape index (κ1) is 17.5. The van der Waals surface area contributed by atoms with Crippen LogP contribution in [0.25, 0.3) is 0 Å². The van der Waals surface area contributed by atoms with Crippen LogP contribution in [0.1, 0.15) is 62.3 Å². The summed E-state index contributed by atoms with van der Waals surface area (Å²) in [5, 5.41) is 13.7. The highest BCUT2D eigenvalue weighted by molar-refractivity contribution is 5.92. The van der Waals surface area contributed by atoms with Crippen LogP contribution in [0.15, 0.2) is 6.07 Å². The summed E-state index contributed by atoms with van der Waals surface area (Å²) in [7, 11) is 0. The van der Waals surface area contributed by atoms with Gasteiger partial charge < -0.3 is 10.0 Å². The number of piperidine rings is 1. The Morgan fingerprint density at radius 3 is 2.57 bits per heavy atom. The lowest BCUT2D eigenvalue weighted by Crippen LogP contribution is -2.45. The molecule has 0 aromatic carbocycles. The molecule has 0 bridgehead atoms. The Bertz CT molecular complexity index is 578. The van der Waals surface area contributed by atoms with Gasteiger partial charge in [-0.05, 0) is 38.2 Å². The molecule has 6 heteroatoms. The highest BCUT2D eigenvalue weighted by atomic mass is 16.4. The molecule has 1 aromatic rings. The first-order valence-electron chi connectivity index (χ1n) is 8.47. The maximum atomic E-state index is 12.7. The van der Waals surface area contributed by atoms with Gasteiger partial charge in [-0.1, -0.05) is 20.8 Å². The van der Waals surface area contributed by atoms with Crippen LogP contribution in [0.2, 0.25) is 0 Å². The van der Waals surface area contributed by atoms with Gasteiger partial charge in [0, 0.05) is 18.8 Å². The van der Waals surface area contributed by atoms with E-state index in [0.29, 0.717) is 31.2 Å². The fourth-order valence-corrected chi connectivity index (χ4v) is 3.46. The lowest BCUT2D eigenvalue weighted by atomic mass is 9.87. The normalized spacial score (nSPS) is 21.7. The highest BCUT2D eigenvalue weighted by Crippen LogP contribution is 2.25. The van der Waals surface area contributed by atoms with Gasteiger partial charge in [-0.3, -0.25) is 14.3 Å². The predicted octanol–water partition coefficient (Wildman–Crippen LogP) is 2.74. The number of nitrogens with zero attached hydrogens (tertiary/aromatic N) is 3. The molecule has 6 nitrogen and oxygen atoms in total. The summed E-state index contributed by atoms with van der Waals surface area (Å²) in [6.07, 6.45) is 2.47. The van der Waals surface area contributed by atoms with Crippen LogP contribution >= 0.6 is 0 Å². The van der Waals surface area contributed by atoms with Crippen molar-refractivity contribution >= 4 is 11.9 Å². The van der Waals surface area contributed by atoms with Gasteiger partial charge in [0.1, 0.15) is 0 Å². The molecule has 2 heterocycles. The second kappa shape index (κ2) is 7.15. The maximum absolute atomic E-state index is 12.7. The first-order chi connectivity index (χ1) is 10.9. The zero-order chi connectivity index (χ0) is 17.1. The quantitative estimate of drug-likeness (QED) is 0.905. The van der Waals surface area contributed by atoms with Crippen molar-refractivity contribution in [2.24, 2.45) is 11.8 Å². The second-order valence-electron chi connectivity index (χ2n) is 6.55. The van der Waals surface area contributed by atoms with Gasteiger partial charge in [0.2, 0.25) is 0 Å². The molecule has 1 saturated heterocycles. The van der Waals surface area contributed by atoms with Gasteiger partial charge >= 0.3 is 5.97 Å². The van der Waals surface area contributed by atoms with E-state index in [1.807, 2.05) is 24.6 Å². The van der Waals surface area contributed by atoms with Crippen LogP contribution in [0.5, 0.6) is 0 Å². The highest BCUT2D eigenvalue weighted by Gasteiger charge is 2.34. The third-order valence-corrected chi connectivity index (χ3v) is 4.94. The van der Waals surface area contributed by atoms with Crippen molar-refractivity contribution in [2.45, 2.75) is 53.0 Å². The Labute approximate surface area is 137 Å². The average molecular weight is 321 g/mol. The van der Waals surface area contributed by atoms with Crippen molar-refractivity contribution in [3.8, 4) is 0 Å². The number of likely N-dealkylation sites (tertiary alicyclic amines) is 1. The number of aromatic nitrogens is 2. The molecular formula is C17H27N3O3. The molecule has 1 aliphatic heterocycles. The lowest BCUT2D eigenvalue weighted by Gasteiger charge is -2.34. The Morgan fingerprint density at radius 2 is 2.04 bits per heavy atom. The molecule has 23 heavy (non-hydrogen) atoms. The van der Waals surface area contributed by atoms with Crippen LogP contribution in [0.3, 0.4) is 0 Å². The summed E-state index contributed by atoms with van der Waals surface area (Å²) in [6.45, 7) is 9.07. The SMILES string of the molecule is CCC(CC)n1nc(C(=O)N2CCC(C(=O)O)C(C)C2)cc1C. The van der Waals surface area contributed by atoms with Gasteiger partial charge in [0.05, 0.1) is 12.0 Å². The Morgan fingerprint density at radius 1 is 1.39 bits per heavy atom. The third-order valence-electron chi connectivity index (χ3n) is 4.94. The lowest BCUT2D eigenvalue weighted by molar-refractivity contribution is -0.145. The van der Waals surface area contributed by atoms with Crippen molar-refractivity contribution in [3.63, 3.8) is 0 Å². The van der Waals surface area contributed by atoms with E-state index in [0.717, 1.165) is 18.5 Å². The molecule has 1 N–H and O–H groups in total. The van der Waals surface area contributed by atoms with E-state index in [1.165, 1.54) is 0 Å². The number of aryl methyl sites for hydroxylation is 1. The number of rotatable bonds is 5. The molecule has 0 radical (unpaired) electrons. The number of aliphatic carboxylic acids is 1. The molecule has 1 aliphatic rings. The van der Waals surface area contributed by atoms with Gasteiger partial charge in [-0.15, -0.1) is 0 Å². The first-order valence-corrected chi connectivity index (χ1v) is 8.47. The van der Waals surface area contributed by atoms with Crippen molar-refractivity contribution in [2.75, 3.05) is 13.1 Å². The summed E-state index contributed by atoms with van der Waals surface area (Å²) in [6, 6.07) is 2.16. The Hall–Kier alpha value is -1.85. The molecule has 1 aromatic heterocycles. The van der Waals surface area contributed by atoms with Crippen molar-refractivity contribution < 1.29 is 14.7 Å². The van der Waals surface area contributed by atoms with Crippen LogP contribution in [0, 0.1) is 18.8 Å². The molecule has 0 saturated carbocycles. The van der Waals surface area contributed by atoms with E-state index in [1.54, 1.807) is 4.90 Å². The van der Waals surface area contributed by atoms with Crippen molar-refractivity contribution in [3.05, 3.63) is 17.5 Å². The largest absolute Gasteiger partial charge is 0.481 e. The minimum absolute atomic E-state index is 0.0348. The fraction of sp³-hybridized carbons (Fsp3) is 0.706. The number of amides is 1.